The van der Waals surface area contributed by atoms with Crippen molar-refractivity contribution in [3.8, 4) is 5.82 Å². The molecule has 6 heteroatoms. The smallest absolute Gasteiger partial charge is 0.153 e. The van der Waals surface area contributed by atoms with Gasteiger partial charge in [0, 0.05) is 29.5 Å². The van der Waals surface area contributed by atoms with Gasteiger partial charge in [-0.05, 0) is 36.4 Å². The van der Waals surface area contributed by atoms with Crippen molar-refractivity contribution in [3.05, 3.63) is 71.4 Å². The Morgan fingerprint density at radius 1 is 1.24 bits per heavy atom. The Morgan fingerprint density at radius 2 is 2.14 bits per heavy atom. The monoisotopic (exact) mass is 302 g/mol. The molecule has 3 rings (SSSR count). The first-order chi connectivity index (χ1) is 10.2. The lowest BCUT2D eigenvalue weighted by atomic mass is 10.2. The quantitative estimate of drug-likeness (QED) is 0.799. The average Bonchev–Trinajstić information content (AvgIpc) is 3.03. The lowest BCUT2D eigenvalue weighted by molar-refractivity contribution is 0.613. The fourth-order valence-corrected chi connectivity index (χ4v) is 2.10. The van der Waals surface area contributed by atoms with Gasteiger partial charge < -0.3 is 5.32 Å². The van der Waals surface area contributed by atoms with Crippen LogP contribution >= 0.6 is 11.6 Å². The van der Waals surface area contributed by atoms with Crippen molar-refractivity contribution in [2.45, 2.75) is 6.54 Å². The molecular formula is C15H12ClFN4. The number of benzene rings is 1. The second kappa shape index (κ2) is 5.93. The van der Waals surface area contributed by atoms with Crippen molar-refractivity contribution in [1.29, 1.82) is 0 Å². The minimum atomic E-state index is -0.284. The van der Waals surface area contributed by atoms with E-state index >= 15 is 0 Å². The van der Waals surface area contributed by atoms with Gasteiger partial charge in [0.1, 0.15) is 5.82 Å². The Balaban J connectivity index is 1.70. The van der Waals surface area contributed by atoms with Gasteiger partial charge in [-0.15, -0.1) is 0 Å². The summed E-state index contributed by atoms with van der Waals surface area (Å²) in [5.41, 5.74) is 1.31. The molecule has 0 aliphatic rings. The molecule has 0 aliphatic carbocycles. The van der Waals surface area contributed by atoms with Gasteiger partial charge in [-0.1, -0.05) is 11.6 Å². The lowest BCUT2D eigenvalue weighted by Gasteiger charge is -2.08. The van der Waals surface area contributed by atoms with Crippen LogP contribution in [-0.2, 0) is 6.54 Å². The SMILES string of the molecule is Fc1ccc(Cl)cc1CNc1ccc(-n2cccn2)nc1. The fourth-order valence-electron chi connectivity index (χ4n) is 1.91. The number of pyridine rings is 1. The van der Waals surface area contributed by atoms with E-state index in [4.69, 9.17) is 11.6 Å². The number of nitrogens with one attached hydrogen (secondary N) is 1. The van der Waals surface area contributed by atoms with Crippen LogP contribution in [0.4, 0.5) is 10.1 Å². The zero-order valence-corrected chi connectivity index (χ0v) is 11.8. The van der Waals surface area contributed by atoms with Crippen LogP contribution in [-0.4, -0.2) is 14.8 Å². The van der Waals surface area contributed by atoms with Gasteiger partial charge in [-0.2, -0.15) is 5.10 Å². The Bertz CT molecular complexity index is 726. The van der Waals surface area contributed by atoms with Crippen molar-refractivity contribution in [1.82, 2.24) is 14.8 Å². The van der Waals surface area contributed by atoms with Crippen LogP contribution in [0.1, 0.15) is 5.56 Å². The molecule has 0 fully saturated rings. The Morgan fingerprint density at radius 3 is 2.86 bits per heavy atom. The van der Waals surface area contributed by atoms with E-state index in [9.17, 15) is 4.39 Å². The van der Waals surface area contributed by atoms with E-state index in [2.05, 4.69) is 15.4 Å². The molecular weight excluding hydrogens is 291 g/mol. The number of aromatic nitrogens is 3. The Labute approximate surface area is 126 Å². The topological polar surface area (TPSA) is 42.7 Å². The van der Waals surface area contributed by atoms with E-state index < -0.39 is 0 Å². The molecule has 0 bridgehead atoms. The minimum Gasteiger partial charge on any atom is -0.380 e. The van der Waals surface area contributed by atoms with E-state index in [1.54, 1.807) is 23.1 Å². The molecule has 1 aromatic carbocycles. The number of anilines is 1. The van der Waals surface area contributed by atoms with Gasteiger partial charge in [-0.25, -0.2) is 14.1 Å². The maximum Gasteiger partial charge on any atom is 0.153 e. The second-order valence-corrected chi connectivity index (χ2v) is 4.88. The molecule has 0 aliphatic heterocycles. The minimum absolute atomic E-state index is 0.284. The van der Waals surface area contributed by atoms with E-state index in [1.807, 2.05) is 24.4 Å². The zero-order valence-electron chi connectivity index (χ0n) is 11.0. The largest absolute Gasteiger partial charge is 0.380 e. The first kappa shape index (κ1) is 13.6. The Kier molecular flexibility index (Phi) is 3.83. The molecule has 0 saturated heterocycles. The van der Waals surface area contributed by atoms with Gasteiger partial charge in [0.05, 0.1) is 11.9 Å². The highest BCUT2D eigenvalue weighted by atomic mass is 35.5. The highest BCUT2D eigenvalue weighted by Gasteiger charge is 2.03. The van der Waals surface area contributed by atoms with Crippen LogP contribution < -0.4 is 5.32 Å². The summed E-state index contributed by atoms with van der Waals surface area (Å²) in [4.78, 5) is 4.29. The first-order valence-electron chi connectivity index (χ1n) is 6.36. The van der Waals surface area contributed by atoms with Crippen LogP contribution in [0.3, 0.4) is 0 Å². The predicted octanol–water partition coefficient (Wildman–Crippen LogP) is 3.67. The summed E-state index contributed by atoms with van der Waals surface area (Å²) in [7, 11) is 0. The zero-order chi connectivity index (χ0) is 14.7. The van der Waals surface area contributed by atoms with E-state index in [0.717, 1.165) is 11.5 Å². The van der Waals surface area contributed by atoms with Crippen molar-refractivity contribution in [2.24, 2.45) is 0 Å². The molecule has 0 unspecified atom stereocenters. The summed E-state index contributed by atoms with van der Waals surface area (Å²) in [5, 5.41) is 7.73. The standard InChI is InChI=1S/C15H12ClFN4/c16-12-2-4-14(17)11(8-12)9-18-13-3-5-15(19-10-13)21-7-1-6-20-21/h1-8,10,18H,9H2. The number of nitrogens with zero attached hydrogens (tertiary/aromatic N) is 3. The molecule has 1 N–H and O–H groups in total. The number of hydrogen-bond donors (Lipinski definition) is 1. The maximum atomic E-state index is 13.6. The molecule has 0 radical (unpaired) electrons. The van der Waals surface area contributed by atoms with Crippen LogP contribution in [0.2, 0.25) is 5.02 Å². The molecule has 2 aromatic heterocycles. The number of hydrogen-bond acceptors (Lipinski definition) is 3. The lowest BCUT2D eigenvalue weighted by Crippen LogP contribution is -2.03. The molecule has 21 heavy (non-hydrogen) atoms. The highest BCUT2D eigenvalue weighted by Crippen LogP contribution is 2.17. The maximum absolute atomic E-state index is 13.6. The third kappa shape index (κ3) is 3.20. The molecule has 0 amide bonds. The predicted molar refractivity (Wildman–Crippen MR) is 80.1 cm³/mol. The third-order valence-electron chi connectivity index (χ3n) is 2.98. The fraction of sp³-hybridized carbons (Fsp3) is 0.0667. The van der Waals surface area contributed by atoms with Crippen LogP contribution in [0.15, 0.2) is 55.0 Å². The summed E-state index contributed by atoms with van der Waals surface area (Å²) in [6.45, 7) is 0.342. The first-order valence-corrected chi connectivity index (χ1v) is 6.74. The summed E-state index contributed by atoms with van der Waals surface area (Å²) in [6.07, 6.45) is 5.19. The molecule has 106 valence electrons. The van der Waals surface area contributed by atoms with Gasteiger partial charge >= 0.3 is 0 Å². The second-order valence-electron chi connectivity index (χ2n) is 4.44. The van der Waals surface area contributed by atoms with Gasteiger partial charge in [0.25, 0.3) is 0 Å². The van der Waals surface area contributed by atoms with Crippen molar-refractivity contribution >= 4 is 17.3 Å². The van der Waals surface area contributed by atoms with E-state index in [1.165, 1.54) is 12.1 Å². The van der Waals surface area contributed by atoms with Crippen LogP contribution in [0.5, 0.6) is 0 Å². The third-order valence-corrected chi connectivity index (χ3v) is 3.21. The number of rotatable bonds is 4. The summed E-state index contributed by atoms with van der Waals surface area (Å²) >= 11 is 5.86. The summed E-state index contributed by atoms with van der Waals surface area (Å²) in [5.74, 6) is 0.438. The highest BCUT2D eigenvalue weighted by molar-refractivity contribution is 6.30. The normalized spacial score (nSPS) is 10.6. The van der Waals surface area contributed by atoms with Gasteiger partial charge in [0.2, 0.25) is 0 Å². The van der Waals surface area contributed by atoms with E-state index in [0.29, 0.717) is 17.1 Å². The average molecular weight is 303 g/mol. The molecule has 2 heterocycles. The summed E-state index contributed by atoms with van der Waals surface area (Å²) < 4.78 is 15.3. The van der Waals surface area contributed by atoms with Crippen molar-refractivity contribution < 1.29 is 4.39 Å². The number of halogens is 2. The Hall–Kier alpha value is -2.40. The van der Waals surface area contributed by atoms with Crippen molar-refractivity contribution in [3.63, 3.8) is 0 Å². The van der Waals surface area contributed by atoms with Crippen molar-refractivity contribution in [2.75, 3.05) is 5.32 Å². The van der Waals surface area contributed by atoms with E-state index in [-0.39, 0.29) is 5.82 Å². The van der Waals surface area contributed by atoms with Crippen LogP contribution in [0, 0.1) is 5.82 Å². The molecule has 0 saturated carbocycles. The molecule has 4 nitrogen and oxygen atoms in total. The van der Waals surface area contributed by atoms with Crippen LogP contribution in [0.25, 0.3) is 5.82 Å². The van der Waals surface area contributed by atoms with Gasteiger partial charge in [0.15, 0.2) is 5.82 Å². The molecule has 0 atom stereocenters. The molecule has 0 spiro atoms. The van der Waals surface area contributed by atoms with Gasteiger partial charge in [-0.3, -0.25) is 0 Å². The molecule has 3 aromatic rings. The summed E-state index contributed by atoms with van der Waals surface area (Å²) in [6, 6.07) is 10.0.